The van der Waals surface area contributed by atoms with Crippen LogP contribution in [0.15, 0.2) is 18.2 Å². The van der Waals surface area contributed by atoms with Crippen LogP contribution < -0.4 is 5.73 Å². The van der Waals surface area contributed by atoms with Crippen molar-refractivity contribution in [3.63, 3.8) is 0 Å². The molecule has 2 atom stereocenters. The second-order valence-corrected chi connectivity index (χ2v) is 8.83. The number of benzene rings is 1. The summed E-state index contributed by atoms with van der Waals surface area (Å²) in [6, 6.07) is 5.50. The molecule has 3 heterocycles. The summed E-state index contributed by atoms with van der Waals surface area (Å²) in [6.45, 7) is 4.35. The predicted molar refractivity (Wildman–Crippen MR) is 112 cm³/mol. The molecule has 1 aliphatic carbocycles. The molecule has 0 unspecified atom stereocenters. The molecule has 2 amide bonds. The van der Waals surface area contributed by atoms with Gasteiger partial charge in [-0.3, -0.25) is 14.5 Å². The number of fused-ring (bicyclic) bond motifs is 3. The Labute approximate surface area is 175 Å². The molecular weight excluding hydrogens is 382 g/mol. The summed E-state index contributed by atoms with van der Waals surface area (Å²) in [5.74, 6) is 1.28. The zero-order chi connectivity index (χ0) is 20.7. The van der Waals surface area contributed by atoms with Gasteiger partial charge in [0.2, 0.25) is 5.91 Å². The summed E-state index contributed by atoms with van der Waals surface area (Å²) in [7, 11) is 0. The van der Waals surface area contributed by atoms with Gasteiger partial charge in [-0.1, -0.05) is 12.5 Å². The van der Waals surface area contributed by atoms with E-state index < -0.39 is 5.91 Å². The van der Waals surface area contributed by atoms with Crippen molar-refractivity contribution in [1.82, 2.24) is 19.8 Å². The van der Waals surface area contributed by atoms with Gasteiger partial charge >= 0.3 is 0 Å². The SMILES string of the molecule is NC(=O)c1cccc2[nH]c([C@]34CCC[C@@H](CN3CCC(=O)N3CCOCC3)C4)nc12. The lowest BCUT2D eigenvalue weighted by atomic mass is 9.79. The molecule has 3 aliphatic rings. The number of aromatic nitrogens is 2. The van der Waals surface area contributed by atoms with E-state index in [2.05, 4.69) is 9.88 Å². The first kappa shape index (κ1) is 19.5. The van der Waals surface area contributed by atoms with Crippen molar-refractivity contribution >= 4 is 22.8 Å². The van der Waals surface area contributed by atoms with Gasteiger partial charge in [0.15, 0.2) is 0 Å². The number of ether oxygens (including phenoxy) is 1. The minimum atomic E-state index is -0.461. The van der Waals surface area contributed by atoms with E-state index in [9.17, 15) is 9.59 Å². The van der Waals surface area contributed by atoms with Gasteiger partial charge in [-0.15, -0.1) is 0 Å². The molecule has 8 heteroatoms. The third-order valence-corrected chi connectivity index (χ3v) is 7.09. The van der Waals surface area contributed by atoms with Crippen molar-refractivity contribution in [2.75, 3.05) is 39.4 Å². The van der Waals surface area contributed by atoms with Crippen molar-refractivity contribution < 1.29 is 14.3 Å². The van der Waals surface area contributed by atoms with E-state index in [4.69, 9.17) is 15.5 Å². The van der Waals surface area contributed by atoms with Crippen molar-refractivity contribution in [3.8, 4) is 0 Å². The number of carbonyl (C=O) groups is 2. The quantitative estimate of drug-likeness (QED) is 0.778. The van der Waals surface area contributed by atoms with E-state index in [0.717, 1.165) is 43.7 Å². The Kier molecular flexibility index (Phi) is 4.99. The number of amides is 2. The lowest BCUT2D eigenvalue weighted by Gasteiger charge is -2.38. The van der Waals surface area contributed by atoms with Gasteiger partial charge in [-0.25, -0.2) is 4.98 Å². The number of carbonyl (C=O) groups excluding carboxylic acids is 2. The lowest BCUT2D eigenvalue weighted by molar-refractivity contribution is -0.135. The van der Waals surface area contributed by atoms with Crippen molar-refractivity contribution in [3.05, 3.63) is 29.6 Å². The fraction of sp³-hybridized carbons (Fsp3) is 0.591. The Morgan fingerprint density at radius 3 is 2.93 bits per heavy atom. The van der Waals surface area contributed by atoms with Crippen LogP contribution in [-0.4, -0.2) is 71.0 Å². The zero-order valence-electron chi connectivity index (χ0n) is 17.2. The number of H-pyrrole nitrogens is 1. The number of nitrogens with zero attached hydrogens (tertiary/aromatic N) is 3. The third-order valence-electron chi connectivity index (χ3n) is 7.09. The predicted octanol–water partition coefficient (Wildman–Crippen LogP) is 1.61. The van der Waals surface area contributed by atoms with Crippen LogP contribution in [0.2, 0.25) is 0 Å². The van der Waals surface area contributed by atoms with E-state index in [-0.39, 0.29) is 11.4 Å². The molecule has 2 bridgehead atoms. The first-order valence-corrected chi connectivity index (χ1v) is 11.0. The molecule has 30 heavy (non-hydrogen) atoms. The van der Waals surface area contributed by atoms with Crippen LogP contribution in [0.25, 0.3) is 11.0 Å². The average Bonchev–Trinajstić information content (AvgIpc) is 3.31. The summed E-state index contributed by atoms with van der Waals surface area (Å²) < 4.78 is 5.36. The lowest BCUT2D eigenvalue weighted by Crippen LogP contribution is -2.45. The molecule has 1 saturated carbocycles. The first-order valence-electron chi connectivity index (χ1n) is 11.0. The molecule has 1 aromatic carbocycles. The van der Waals surface area contributed by atoms with Crippen molar-refractivity contribution in [2.45, 2.75) is 37.6 Å². The third kappa shape index (κ3) is 3.28. The van der Waals surface area contributed by atoms with E-state index in [1.165, 1.54) is 6.42 Å². The molecule has 1 aromatic heterocycles. The number of nitrogens with two attached hydrogens (primary N) is 1. The molecule has 0 radical (unpaired) electrons. The molecule has 3 N–H and O–H groups in total. The number of imidazole rings is 1. The van der Waals surface area contributed by atoms with Crippen LogP contribution in [0.4, 0.5) is 0 Å². The number of morpholine rings is 1. The number of para-hydroxylation sites is 1. The van der Waals surface area contributed by atoms with Crippen molar-refractivity contribution in [1.29, 1.82) is 0 Å². The first-order chi connectivity index (χ1) is 14.6. The van der Waals surface area contributed by atoms with Crippen LogP contribution in [0.1, 0.15) is 48.3 Å². The number of rotatable bonds is 5. The second-order valence-electron chi connectivity index (χ2n) is 8.83. The van der Waals surface area contributed by atoms with Gasteiger partial charge in [-0.2, -0.15) is 0 Å². The minimum Gasteiger partial charge on any atom is -0.378 e. The van der Waals surface area contributed by atoms with Gasteiger partial charge in [0.25, 0.3) is 5.91 Å². The average molecular weight is 412 g/mol. The van der Waals surface area contributed by atoms with Crippen LogP contribution in [0.3, 0.4) is 0 Å². The zero-order valence-corrected chi connectivity index (χ0v) is 17.2. The summed E-state index contributed by atoms with van der Waals surface area (Å²) in [5.41, 5.74) is 7.31. The Balaban J connectivity index is 1.41. The highest BCUT2D eigenvalue weighted by molar-refractivity contribution is 6.04. The normalized spacial score (nSPS) is 26.9. The summed E-state index contributed by atoms with van der Waals surface area (Å²) in [4.78, 5) is 37.3. The Morgan fingerprint density at radius 1 is 1.30 bits per heavy atom. The van der Waals surface area contributed by atoms with E-state index in [1.54, 1.807) is 6.07 Å². The molecule has 5 rings (SSSR count). The van der Waals surface area contributed by atoms with Gasteiger partial charge in [0, 0.05) is 32.6 Å². The number of hydrogen-bond acceptors (Lipinski definition) is 5. The Morgan fingerprint density at radius 2 is 2.13 bits per heavy atom. The molecule has 3 fully saturated rings. The maximum Gasteiger partial charge on any atom is 0.250 e. The minimum absolute atomic E-state index is 0.192. The van der Waals surface area contributed by atoms with E-state index >= 15 is 0 Å². The van der Waals surface area contributed by atoms with Crippen LogP contribution >= 0.6 is 0 Å². The van der Waals surface area contributed by atoms with Crippen LogP contribution in [0, 0.1) is 5.92 Å². The molecule has 2 aromatic rings. The van der Waals surface area contributed by atoms with Gasteiger partial charge in [0.05, 0.1) is 29.8 Å². The second kappa shape index (κ2) is 7.67. The monoisotopic (exact) mass is 411 g/mol. The van der Waals surface area contributed by atoms with Crippen molar-refractivity contribution in [2.24, 2.45) is 11.7 Å². The Bertz CT molecular complexity index is 967. The fourth-order valence-corrected chi connectivity index (χ4v) is 5.62. The molecule has 0 spiro atoms. The topological polar surface area (TPSA) is 105 Å². The summed E-state index contributed by atoms with van der Waals surface area (Å²) in [6.07, 6.45) is 4.95. The number of aromatic amines is 1. The highest BCUT2D eigenvalue weighted by Crippen LogP contribution is 2.50. The molecular formula is C22H29N5O3. The highest BCUT2D eigenvalue weighted by Gasteiger charge is 2.50. The van der Waals surface area contributed by atoms with E-state index in [1.807, 2.05) is 17.0 Å². The van der Waals surface area contributed by atoms with Gasteiger partial charge < -0.3 is 20.4 Å². The maximum atomic E-state index is 12.7. The largest absolute Gasteiger partial charge is 0.378 e. The summed E-state index contributed by atoms with van der Waals surface area (Å²) >= 11 is 0. The number of nitrogens with one attached hydrogen (secondary N) is 1. The highest BCUT2D eigenvalue weighted by atomic mass is 16.5. The van der Waals surface area contributed by atoms with Crippen LogP contribution in [-0.2, 0) is 15.1 Å². The molecule has 160 valence electrons. The van der Waals surface area contributed by atoms with Crippen LogP contribution in [0.5, 0.6) is 0 Å². The standard InChI is InChI=1S/C22H29N5O3/c23-20(29)16-4-1-5-17-19(16)25-21(24-17)22-7-2-3-15(13-22)14-27(22)8-6-18(28)26-9-11-30-12-10-26/h1,4-5,15H,2-3,6-14H2,(H2,23,29)(H,24,25)/t15-,22-/m1/s1. The molecule has 8 nitrogen and oxygen atoms in total. The number of primary amides is 1. The number of likely N-dealkylation sites (tertiary alicyclic amines) is 1. The van der Waals surface area contributed by atoms with Gasteiger partial charge in [-0.05, 0) is 37.3 Å². The number of hydrogen-bond donors (Lipinski definition) is 2. The maximum absolute atomic E-state index is 12.7. The smallest absolute Gasteiger partial charge is 0.250 e. The Hall–Kier alpha value is -2.45. The molecule has 2 aliphatic heterocycles. The fourth-order valence-electron chi connectivity index (χ4n) is 5.62. The van der Waals surface area contributed by atoms with Gasteiger partial charge in [0.1, 0.15) is 11.3 Å². The molecule has 2 saturated heterocycles. The van der Waals surface area contributed by atoms with E-state index in [0.29, 0.717) is 49.7 Å². The summed E-state index contributed by atoms with van der Waals surface area (Å²) in [5, 5.41) is 0.